The minimum absolute atomic E-state index is 0.335. The van der Waals surface area contributed by atoms with Crippen LogP contribution in [0.1, 0.15) is 52.8 Å². The zero-order chi connectivity index (χ0) is 22.8. The Kier molecular flexibility index (Phi) is 8.56. The highest BCUT2D eigenvalue weighted by Gasteiger charge is 2.24. The zero-order valence-corrected chi connectivity index (χ0v) is 17.6. The van der Waals surface area contributed by atoms with Crippen LogP contribution >= 0.6 is 0 Å². The quantitative estimate of drug-likeness (QED) is 0.615. The van der Waals surface area contributed by atoms with Crippen molar-refractivity contribution in [1.82, 2.24) is 19.9 Å². The summed E-state index contributed by atoms with van der Waals surface area (Å²) in [5.41, 5.74) is 8.46. The molecule has 31 heavy (non-hydrogen) atoms. The molecule has 3 N–H and O–H groups in total. The van der Waals surface area contributed by atoms with Crippen LogP contribution in [0, 0.1) is 31.6 Å². The Morgan fingerprint density at radius 1 is 1.29 bits per heavy atom. The van der Waals surface area contributed by atoms with Gasteiger partial charge in [-0.3, -0.25) is 4.79 Å². The molecule has 4 rings (SSSR count). The van der Waals surface area contributed by atoms with E-state index in [2.05, 4.69) is 44.4 Å². The third-order valence-electron chi connectivity index (χ3n) is 4.37. The first-order valence-corrected chi connectivity index (χ1v) is 9.73. The third-order valence-corrected chi connectivity index (χ3v) is 4.37. The second-order valence-corrected chi connectivity index (χ2v) is 6.73. The average molecular weight is 419 g/mol. The second-order valence-electron chi connectivity index (χ2n) is 6.73. The van der Waals surface area contributed by atoms with Crippen molar-refractivity contribution in [2.45, 2.75) is 45.6 Å². The van der Waals surface area contributed by atoms with Crippen molar-refractivity contribution in [1.29, 1.82) is 0 Å². The van der Waals surface area contributed by atoms with Crippen LogP contribution in [0.15, 0.2) is 35.1 Å². The lowest BCUT2D eigenvalue weighted by Crippen LogP contribution is -2.15. The summed E-state index contributed by atoms with van der Waals surface area (Å²) in [4.78, 5) is 16.0. The molecule has 0 aromatic carbocycles. The van der Waals surface area contributed by atoms with Gasteiger partial charge in [-0.1, -0.05) is 17.0 Å². The van der Waals surface area contributed by atoms with Gasteiger partial charge in [0.1, 0.15) is 11.9 Å². The maximum atomic E-state index is 11.6. The Labute approximate surface area is 181 Å². The number of amides is 1. The molecule has 3 aromatic heterocycles. The lowest BCUT2D eigenvalue weighted by molar-refractivity contribution is 0.0994. The van der Waals surface area contributed by atoms with E-state index in [1.807, 2.05) is 6.92 Å². The van der Waals surface area contributed by atoms with Gasteiger partial charge in [-0.15, -0.1) is 12.8 Å². The molecule has 0 spiro atoms. The Morgan fingerprint density at radius 3 is 2.61 bits per heavy atom. The van der Waals surface area contributed by atoms with Gasteiger partial charge in [0.05, 0.1) is 11.9 Å². The Balaban J connectivity index is 0.000000363. The van der Waals surface area contributed by atoms with Crippen LogP contribution in [0.4, 0.5) is 0 Å². The van der Waals surface area contributed by atoms with Crippen molar-refractivity contribution in [3.05, 3.63) is 58.9 Å². The van der Waals surface area contributed by atoms with E-state index in [9.17, 15) is 9.90 Å². The molecule has 1 amide bonds. The van der Waals surface area contributed by atoms with Crippen LogP contribution in [-0.4, -0.2) is 37.0 Å². The number of hydrogen-bond donors (Lipinski definition) is 2. The highest BCUT2D eigenvalue weighted by molar-refractivity contribution is 5.92. The topological polar surface area (TPSA) is 120 Å². The molecule has 1 aliphatic rings. The molecule has 1 aliphatic carbocycles. The SMILES string of the molecule is C#C.C[C@@H](O)C#Cc1ccnc(-n2nc(C(N)=O)c3c2CCCC3)c1.Cc1ccno1. The molecule has 0 radical (unpaired) electrons. The van der Waals surface area contributed by atoms with E-state index in [1.54, 1.807) is 42.2 Å². The predicted molar refractivity (Wildman–Crippen MR) is 116 cm³/mol. The van der Waals surface area contributed by atoms with Crippen LogP contribution in [0.5, 0.6) is 0 Å². The Hall–Kier alpha value is -3.88. The molecule has 0 saturated carbocycles. The summed E-state index contributed by atoms with van der Waals surface area (Å²) in [6.07, 6.45) is 14.3. The van der Waals surface area contributed by atoms with Gasteiger partial charge in [-0.2, -0.15) is 5.10 Å². The number of carbonyl (C=O) groups excluding carboxylic acids is 1. The summed E-state index contributed by atoms with van der Waals surface area (Å²) >= 11 is 0. The van der Waals surface area contributed by atoms with Crippen molar-refractivity contribution in [2.24, 2.45) is 5.73 Å². The fourth-order valence-corrected chi connectivity index (χ4v) is 3.07. The first-order chi connectivity index (χ1) is 15.0. The molecule has 1 atom stereocenters. The third kappa shape index (κ3) is 6.30. The van der Waals surface area contributed by atoms with E-state index in [0.717, 1.165) is 48.3 Å². The molecule has 0 aliphatic heterocycles. The number of aryl methyl sites for hydroxylation is 1. The van der Waals surface area contributed by atoms with E-state index < -0.39 is 12.0 Å². The Bertz CT molecular complexity index is 1090. The van der Waals surface area contributed by atoms with Crippen molar-refractivity contribution in [3.63, 3.8) is 0 Å². The van der Waals surface area contributed by atoms with Gasteiger partial charge in [-0.25, -0.2) is 9.67 Å². The smallest absolute Gasteiger partial charge is 0.269 e. The van der Waals surface area contributed by atoms with Crippen LogP contribution < -0.4 is 5.73 Å². The van der Waals surface area contributed by atoms with Crippen molar-refractivity contribution >= 4 is 5.91 Å². The van der Waals surface area contributed by atoms with Crippen molar-refractivity contribution in [3.8, 4) is 30.5 Å². The van der Waals surface area contributed by atoms with Gasteiger partial charge in [-0.05, 0) is 51.7 Å². The molecule has 3 aromatic rings. The van der Waals surface area contributed by atoms with Gasteiger partial charge in [0.25, 0.3) is 5.91 Å². The average Bonchev–Trinajstić information content (AvgIpc) is 3.41. The molecular weight excluding hydrogens is 394 g/mol. The van der Waals surface area contributed by atoms with Crippen LogP contribution in [-0.2, 0) is 12.8 Å². The van der Waals surface area contributed by atoms with Crippen LogP contribution in [0.25, 0.3) is 5.82 Å². The highest BCUT2D eigenvalue weighted by Crippen LogP contribution is 2.26. The number of nitrogens with zero attached hydrogens (tertiary/aromatic N) is 4. The molecule has 8 nitrogen and oxygen atoms in total. The van der Waals surface area contributed by atoms with Gasteiger partial charge in [0.2, 0.25) is 0 Å². The van der Waals surface area contributed by atoms with E-state index in [-0.39, 0.29) is 0 Å². The standard InChI is InChI=1S/C17H18N4O2.C4H5NO.C2H2/c1-11(22)6-7-12-8-9-19-15(10-12)21-14-5-3-2-4-13(14)16(20-21)17(18)23;1-4-2-3-5-6-4;1-2/h8-11,22H,2-5H2,1H3,(H2,18,23);2-3H,1H3;1-2H/t11-;;/m1../s1. The van der Waals surface area contributed by atoms with E-state index in [1.165, 1.54) is 0 Å². The molecule has 3 heterocycles. The summed E-state index contributed by atoms with van der Waals surface area (Å²) in [7, 11) is 0. The number of fused-ring (bicyclic) bond motifs is 1. The van der Waals surface area contributed by atoms with E-state index >= 15 is 0 Å². The predicted octanol–water partition coefficient (Wildman–Crippen LogP) is 2.21. The van der Waals surface area contributed by atoms with Crippen molar-refractivity contribution in [2.75, 3.05) is 0 Å². The number of aliphatic hydroxyl groups excluding tert-OH is 1. The fraction of sp³-hybridized carbons (Fsp3) is 0.304. The maximum absolute atomic E-state index is 11.6. The van der Waals surface area contributed by atoms with Gasteiger partial charge < -0.3 is 15.4 Å². The summed E-state index contributed by atoms with van der Waals surface area (Å²) in [6.45, 7) is 3.46. The first kappa shape index (κ1) is 23.4. The minimum atomic E-state index is -0.689. The molecule has 0 bridgehead atoms. The zero-order valence-electron chi connectivity index (χ0n) is 17.6. The first-order valence-electron chi connectivity index (χ1n) is 9.73. The number of carbonyl (C=O) groups is 1. The fourth-order valence-electron chi connectivity index (χ4n) is 3.07. The summed E-state index contributed by atoms with van der Waals surface area (Å²) in [6, 6.07) is 5.37. The van der Waals surface area contributed by atoms with E-state index in [0.29, 0.717) is 11.5 Å². The molecule has 0 fully saturated rings. The van der Waals surface area contributed by atoms with Crippen LogP contribution in [0.3, 0.4) is 0 Å². The summed E-state index contributed by atoms with van der Waals surface area (Å²) in [5.74, 6) is 6.55. The molecule has 160 valence electrons. The monoisotopic (exact) mass is 419 g/mol. The lowest BCUT2D eigenvalue weighted by Gasteiger charge is -2.13. The number of hydrogen-bond acceptors (Lipinski definition) is 6. The second kappa shape index (κ2) is 11.3. The number of nitrogens with two attached hydrogens (primary N) is 1. The number of pyridine rings is 1. The summed E-state index contributed by atoms with van der Waals surface area (Å²) < 4.78 is 6.28. The largest absolute Gasteiger partial charge is 0.381 e. The van der Waals surface area contributed by atoms with E-state index in [4.69, 9.17) is 5.73 Å². The van der Waals surface area contributed by atoms with Gasteiger partial charge in [0, 0.05) is 23.4 Å². The number of rotatable bonds is 2. The minimum Gasteiger partial charge on any atom is -0.381 e. The van der Waals surface area contributed by atoms with Gasteiger partial charge in [0.15, 0.2) is 11.5 Å². The lowest BCUT2D eigenvalue weighted by atomic mass is 9.95. The summed E-state index contributed by atoms with van der Waals surface area (Å²) in [5, 5.41) is 17.1. The molecule has 0 saturated heterocycles. The molecule has 0 unspecified atom stereocenters. The molecule has 8 heteroatoms. The Morgan fingerprint density at radius 2 is 2.03 bits per heavy atom. The maximum Gasteiger partial charge on any atom is 0.269 e. The van der Waals surface area contributed by atoms with Crippen molar-refractivity contribution < 1.29 is 14.4 Å². The number of aromatic nitrogens is 4. The highest BCUT2D eigenvalue weighted by atomic mass is 16.5. The van der Waals surface area contributed by atoms with Gasteiger partial charge >= 0.3 is 0 Å². The number of primary amides is 1. The molecular formula is C23H25N5O3. The normalized spacial score (nSPS) is 12.5. The number of aliphatic hydroxyl groups is 1. The number of terminal acetylenes is 1. The van der Waals surface area contributed by atoms with Crippen LogP contribution in [0.2, 0.25) is 0 Å².